The van der Waals surface area contributed by atoms with Crippen LogP contribution < -0.4 is 20.9 Å². The number of thiazole rings is 1. The number of ether oxygens (including phenoxy) is 2. The summed E-state index contributed by atoms with van der Waals surface area (Å²) in [6, 6.07) is 10.5. The molecule has 48 heavy (non-hydrogen) atoms. The van der Waals surface area contributed by atoms with E-state index in [4.69, 9.17) is 9.47 Å². The van der Waals surface area contributed by atoms with E-state index in [1.54, 1.807) is 71.4 Å². The van der Waals surface area contributed by atoms with E-state index in [9.17, 15) is 28.0 Å². The van der Waals surface area contributed by atoms with Gasteiger partial charge in [-0.05, 0) is 76.1 Å². The molecule has 2 N–H and O–H groups in total. The largest absolute Gasteiger partial charge is 0.487 e. The molecule has 1 atom stereocenters. The molecule has 2 heterocycles. The normalized spacial score (nSPS) is 12.1. The van der Waals surface area contributed by atoms with Crippen molar-refractivity contribution >= 4 is 45.1 Å². The van der Waals surface area contributed by atoms with E-state index < -0.39 is 40.8 Å². The molecule has 4 rings (SSSR count). The number of carbonyl (C=O) groups is 3. The molecule has 0 bridgehead atoms. The third kappa shape index (κ3) is 9.94. The minimum atomic E-state index is -1.07. The molecule has 0 saturated carbocycles. The summed E-state index contributed by atoms with van der Waals surface area (Å²) in [6.07, 6.45) is 4.15. The van der Waals surface area contributed by atoms with Gasteiger partial charge in [0.25, 0.3) is 5.56 Å². The number of allylic oxidation sites excluding steroid dienone is 1. The van der Waals surface area contributed by atoms with E-state index in [0.29, 0.717) is 21.0 Å². The van der Waals surface area contributed by atoms with Crippen molar-refractivity contribution in [2.75, 3.05) is 19.4 Å². The average molecular weight is 682 g/mol. The maximum atomic E-state index is 14.1. The van der Waals surface area contributed by atoms with Crippen molar-refractivity contribution < 1.29 is 32.6 Å². The second-order valence-electron chi connectivity index (χ2n) is 12.0. The van der Waals surface area contributed by atoms with E-state index >= 15 is 0 Å². The summed E-state index contributed by atoms with van der Waals surface area (Å²) in [7, 11) is 3.23. The highest BCUT2D eigenvalue weighted by Gasteiger charge is 2.25. The van der Waals surface area contributed by atoms with Crippen molar-refractivity contribution in [3.8, 4) is 5.75 Å². The Labute approximate surface area is 280 Å². The zero-order chi connectivity index (χ0) is 35.0. The molecule has 0 aliphatic carbocycles. The maximum Gasteiger partial charge on any atom is 0.408 e. The number of halogens is 2. The number of amides is 3. The lowest BCUT2D eigenvalue weighted by atomic mass is 10.1. The SMILES string of the molecule is CN(C)C(=O)/C=C/CC[C@H](NC(=O)OC(C)(C)C)C(=O)Nc1cccn(Cc2nc3cccc(OCc4ccc(F)cc4F)c3s2)c1=O. The van der Waals surface area contributed by atoms with Gasteiger partial charge in [0.2, 0.25) is 11.8 Å². The van der Waals surface area contributed by atoms with E-state index in [0.717, 1.165) is 12.1 Å². The molecule has 11 nitrogen and oxygen atoms in total. The Hall–Kier alpha value is -5.11. The number of fused-ring (bicyclic) bond motifs is 1. The van der Waals surface area contributed by atoms with Gasteiger partial charge in [0.15, 0.2) is 0 Å². The van der Waals surface area contributed by atoms with Crippen LogP contribution in [0.4, 0.5) is 19.3 Å². The van der Waals surface area contributed by atoms with Gasteiger partial charge in [0.05, 0.1) is 16.8 Å². The van der Waals surface area contributed by atoms with E-state index in [1.165, 1.54) is 39.0 Å². The molecule has 0 saturated heterocycles. The topological polar surface area (TPSA) is 132 Å². The first-order chi connectivity index (χ1) is 22.7. The van der Waals surface area contributed by atoms with Gasteiger partial charge in [-0.3, -0.25) is 14.4 Å². The Bertz CT molecular complexity index is 1880. The van der Waals surface area contributed by atoms with Crippen LogP contribution >= 0.6 is 11.3 Å². The molecular weight excluding hydrogens is 644 g/mol. The van der Waals surface area contributed by atoms with E-state index in [2.05, 4.69) is 15.6 Å². The summed E-state index contributed by atoms with van der Waals surface area (Å²) in [6.45, 7) is 5.04. The zero-order valence-corrected chi connectivity index (χ0v) is 28.0. The Kier molecular flexibility index (Phi) is 11.7. The number of alkyl carbamates (subject to hydrolysis) is 1. The first-order valence-electron chi connectivity index (χ1n) is 15.0. The van der Waals surface area contributed by atoms with Gasteiger partial charge in [0, 0.05) is 31.9 Å². The van der Waals surface area contributed by atoms with Crippen LogP contribution in [0.25, 0.3) is 10.2 Å². The number of hydrogen-bond acceptors (Lipinski definition) is 8. The number of carbonyl (C=O) groups excluding carboxylic acids is 3. The molecule has 4 aromatic rings. The summed E-state index contributed by atoms with van der Waals surface area (Å²) in [5.74, 6) is -1.79. The quantitative estimate of drug-likeness (QED) is 0.186. The average Bonchev–Trinajstić information content (AvgIpc) is 3.42. The molecule has 14 heteroatoms. The van der Waals surface area contributed by atoms with Crippen molar-refractivity contribution in [2.24, 2.45) is 0 Å². The third-order valence-corrected chi connectivity index (χ3v) is 7.81. The number of hydrogen-bond donors (Lipinski definition) is 2. The second-order valence-corrected chi connectivity index (χ2v) is 13.1. The number of pyridine rings is 1. The van der Waals surface area contributed by atoms with E-state index in [-0.39, 0.29) is 43.2 Å². The molecule has 2 aromatic carbocycles. The van der Waals surface area contributed by atoms with Gasteiger partial charge in [-0.25, -0.2) is 18.6 Å². The number of nitrogens with one attached hydrogen (secondary N) is 2. The van der Waals surface area contributed by atoms with Gasteiger partial charge < -0.3 is 29.6 Å². The number of aromatic nitrogens is 2. The molecule has 0 fully saturated rings. The second kappa shape index (κ2) is 15.7. The van der Waals surface area contributed by atoms with Crippen LogP contribution in [-0.4, -0.2) is 58.1 Å². The minimum Gasteiger partial charge on any atom is -0.487 e. The van der Waals surface area contributed by atoms with Gasteiger partial charge in [0.1, 0.15) is 46.3 Å². The van der Waals surface area contributed by atoms with Crippen LogP contribution in [0, 0.1) is 11.6 Å². The van der Waals surface area contributed by atoms with Crippen molar-refractivity contribution in [1.29, 1.82) is 0 Å². The van der Waals surface area contributed by atoms with Crippen LogP contribution in [0.1, 0.15) is 44.2 Å². The summed E-state index contributed by atoms with van der Waals surface area (Å²) in [5.41, 5.74) is -0.501. The zero-order valence-electron chi connectivity index (χ0n) is 27.2. The lowest BCUT2D eigenvalue weighted by Crippen LogP contribution is -2.46. The Balaban J connectivity index is 1.48. The smallest absolute Gasteiger partial charge is 0.408 e. The van der Waals surface area contributed by atoms with Crippen molar-refractivity contribution in [1.82, 2.24) is 19.8 Å². The van der Waals surface area contributed by atoms with Crippen molar-refractivity contribution in [3.63, 3.8) is 0 Å². The van der Waals surface area contributed by atoms with Crippen molar-refractivity contribution in [3.05, 3.63) is 99.4 Å². The van der Waals surface area contributed by atoms with Gasteiger partial charge >= 0.3 is 6.09 Å². The van der Waals surface area contributed by atoms with Crippen LogP contribution in [0.15, 0.2) is 71.7 Å². The number of benzene rings is 2. The lowest BCUT2D eigenvalue weighted by molar-refractivity contribution is -0.123. The molecule has 254 valence electrons. The fourth-order valence-corrected chi connectivity index (χ4v) is 5.41. The summed E-state index contributed by atoms with van der Waals surface area (Å²) < 4.78 is 40.6. The van der Waals surface area contributed by atoms with Gasteiger partial charge in [-0.1, -0.05) is 12.1 Å². The maximum absolute atomic E-state index is 14.1. The van der Waals surface area contributed by atoms with Crippen LogP contribution in [0.5, 0.6) is 5.75 Å². The number of nitrogens with zero attached hydrogens (tertiary/aromatic N) is 3. The summed E-state index contributed by atoms with van der Waals surface area (Å²) >= 11 is 1.29. The van der Waals surface area contributed by atoms with Crippen LogP contribution in [0.3, 0.4) is 0 Å². The van der Waals surface area contributed by atoms with E-state index in [1.807, 2.05) is 0 Å². The molecule has 3 amide bonds. The van der Waals surface area contributed by atoms with Crippen molar-refractivity contribution in [2.45, 2.75) is 58.4 Å². The van der Waals surface area contributed by atoms with Crippen LogP contribution in [0.2, 0.25) is 0 Å². The molecular formula is C34H37F2N5O6S. The highest BCUT2D eigenvalue weighted by molar-refractivity contribution is 7.19. The third-order valence-electron chi connectivity index (χ3n) is 6.74. The summed E-state index contributed by atoms with van der Waals surface area (Å²) in [4.78, 5) is 57.1. The van der Waals surface area contributed by atoms with Gasteiger partial charge in [-0.15, -0.1) is 11.3 Å². The number of rotatable bonds is 12. The monoisotopic (exact) mass is 681 g/mol. The summed E-state index contributed by atoms with van der Waals surface area (Å²) in [5, 5.41) is 5.74. The Morgan fingerprint density at radius 3 is 2.58 bits per heavy atom. The minimum absolute atomic E-state index is 0.0109. The first-order valence-corrected chi connectivity index (χ1v) is 15.8. The highest BCUT2D eigenvalue weighted by Crippen LogP contribution is 2.32. The molecule has 2 aromatic heterocycles. The molecule has 0 aliphatic heterocycles. The predicted octanol–water partition coefficient (Wildman–Crippen LogP) is 5.62. The molecule has 0 unspecified atom stereocenters. The van der Waals surface area contributed by atoms with Gasteiger partial charge in [-0.2, -0.15) is 0 Å². The number of likely N-dealkylation sites (N-methyl/N-ethyl adjacent to an activating group) is 1. The number of anilines is 1. The standard InChI is InChI=1S/C34H37F2N5O6S/c1-34(2,3)47-33(45)39-25(10-6-7-14-29(42)40(4)5)31(43)38-26-12-9-17-41(32(26)44)19-28-37-24-11-8-13-27(30(24)48-28)46-20-21-15-16-22(35)18-23(21)36/h7-9,11-18,25H,6,10,19-20H2,1-5H3,(H,38,43)(H,39,45)/b14-7+/t25-/m0/s1. The highest BCUT2D eigenvalue weighted by atomic mass is 32.1. The predicted molar refractivity (Wildman–Crippen MR) is 179 cm³/mol. The first kappa shape index (κ1) is 35.7. The fourth-order valence-electron chi connectivity index (χ4n) is 4.38. The van der Waals surface area contributed by atoms with Crippen LogP contribution in [-0.2, 0) is 27.5 Å². The molecule has 0 radical (unpaired) electrons. The fraction of sp³-hybridized carbons (Fsp3) is 0.324. The Morgan fingerprint density at radius 1 is 1.10 bits per heavy atom. The Morgan fingerprint density at radius 2 is 1.88 bits per heavy atom. The lowest BCUT2D eigenvalue weighted by Gasteiger charge is -2.23. The molecule has 0 aliphatic rings. The molecule has 0 spiro atoms.